The number of nitrogens with zero attached hydrogens (tertiary/aromatic N) is 2. The quantitative estimate of drug-likeness (QED) is 0.780. The van der Waals surface area contributed by atoms with Crippen molar-refractivity contribution in [3.63, 3.8) is 0 Å². The zero-order valence-electron chi connectivity index (χ0n) is 11.0. The average molecular weight is 332 g/mol. The van der Waals surface area contributed by atoms with Crippen LogP contribution in [0.2, 0.25) is 5.02 Å². The zero-order chi connectivity index (χ0) is 13.1. The van der Waals surface area contributed by atoms with Crippen molar-refractivity contribution in [2.24, 2.45) is 5.92 Å². The molecule has 1 fully saturated rings. The van der Waals surface area contributed by atoms with Gasteiger partial charge in [-0.05, 0) is 40.8 Å². The molecule has 2 rings (SSSR count). The normalized spacial score (nSPS) is 16.5. The van der Waals surface area contributed by atoms with Gasteiger partial charge in [0.05, 0.1) is 5.02 Å². The van der Waals surface area contributed by atoms with Crippen molar-refractivity contribution < 1.29 is 0 Å². The summed E-state index contributed by atoms with van der Waals surface area (Å²) in [5.74, 6) is 1.56. The monoisotopic (exact) mass is 330 g/mol. The van der Waals surface area contributed by atoms with Crippen LogP contribution in [0.1, 0.15) is 39.5 Å². The fourth-order valence-corrected chi connectivity index (χ4v) is 3.37. The van der Waals surface area contributed by atoms with Crippen molar-refractivity contribution >= 4 is 33.3 Å². The van der Waals surface area contributed by atoms with Gasteiger partial charge in [-0.25, -0.2) is 4.98 Å². The summed E-state index contributed by atoms with van der Waals surface area (Å²) in [6.45, 7) is 5.52. The second-order valence-electron chi connectivity index (χ2n) is 5.44. The van der Waals surface area contributed by atoms with E-state index >= 15 is 0 Å². The van der Waals surface area contributed by atoms with E-state index in [4.69, 9.17) is 11.6 Å². The first-order valence-corrected chi connectivity index (χ1v) is 7.82. The minimum absolute atomic E-state index is 0.610. The minimum atomic E-state index is 0.610. The molecule has 1 saturated carbocycles. The summed E-state index contributed by atoms with van der Waals surface area (Å²) in [6, 6.07) is 2.55. The van der Waals surface area contributed by atoms with Crippen LogP contribution in [0.4, 0.5) is 5.82 Å². The molecule has 0 atom stereocenters. The lowest BCUT2D eigenvalue weighted by molar-refractivity contribution is 0.531. The topological polar surface area (TPSA) is 16.1 Å². The van der Waals surface area contributed by atoms with Gasteiger partial charge in [0.15, 0.2) is 0 Å². The first-order chi connectivity index (χ1) is 8.58. The molecule has 1 aliphatic carbocycles. The van der Waals surface area contributed by atoms with Crippen LogP contribution in [0, 0.1) is 5.92 Å². The van der Waals surface area contributed by atoms with E-state index in [0.29, 0.717) is 12.0 Å². The maximum absolute atomic E-state index is 6.35. The Morgan fingerprint density at radius 3 is 2.67 bits per heavy atom. The van der Waals surface area contributed by atoms with Crippen molar-refractivity contribution in [2.45, 2.75) is 45.6 Å². The van der Waals surface area contributed by atoms with Crippen molar-refractivity contribution in [1.29, 1.82) is 0 Å². The summed E-state index contributed by atoms with van der Waals surface area (Å²) in [7, 11) is 0. The molecule has 100 valence electrons. The molecule has 0 unspecified atom stereocenters. The van der Waals surface area contributed by atoms with Gasteiger partial charge in [-0.3, -0.25) is 0 Å². The number of hydrogen-bond acceptors (Lipinski definition) is 2. The Hall–Kier alpha value is -0.280. The highest BCUT2D eigenvalue weighted by molar-refractivity contribution is 9.10. The van der Waals surface area contributed by atoms with Gasteiger partial charge >= 0.3 is 0 Å². The summed E-state index contributed by atoms with van der Waals surface area (Å²) in [5.41, 5.74) is 0. The smallest absolute Gasteiger partial charge is 0.147 e. The zero-order valence-corrected chi connectivity index (χ0v) is 13.3. The van der Waals surface area contributed by atoms with Crippen LogP contribution in [-0.4, -0.2) is 17.6 Å². The van der Waals surface area contributed by atoms with Crippen LogP contribution in [0.3, 0.4) is 0 Å². The molecule has 1 aliphatic rings. The molecule has 0 bridgehead atoms. The predicted molar refractivity (Wildman–Crippen MR) is 81.4 cm³/mol. The second kappa shape index (κ2) is 6.25. The maximum Gasteiger partial charge on any atom is 0.147 e. The van der Waals surface area contributed by atoms with Gasteiger partial charge in [0.1, 0.15) is 5.82 Å². The van der Waals surface area contributed by atoms with Gasteiger partial charge in [0.25, 0.3) is 0 Å². The molecule has 0 spiro atoms. The Labute approximate surface area is 123 Å². The molecular weight excluding hydrogens is 312 g/mol. The van der Waals surface area contributed by atoms with Gasteiger partial charge in [0.2, 0.25) is 0 Å². The van der Waals surface area contributed by atoms with Crippen molar-refractivity contribution in [3.8, 4) is 0 Å². The number of aromatic nitrogens is 1. The molecule has 0 N–H and O–H groups in total. The summed E-state index contributed by atoms with van der Waals surface area (Å²) < 4.78 is 0.937. The van der Waals surface area contributed by atoms with Gasteiger partial charge in [-0.1, -0.05) is 38.3 Å². The Morgan fingerprint density at radius 1 is 1.44 bits per heavy atom. The molecule has 1 aromatic rings. The molecular formula is C14H20BrClN2. The molecule has 1 heterocycles. The third-order valence-corrected chi connectivity index (χ3v) is 4.10. The summed E-state index contributed by atoms with van der Waals surface area (Å²) in [4.78, 5) is 6.93. The summed E-state index contributed by atoms with van der Waals surface area (Å²) in [5, 5.41) is 0.747. The standard InChI is InChI=1S/C14H20BrClN2/c1-10(2)9-18(12-5-3-4-6-12)14-13(16)7-11(15)8-17-14/h7-8,10,12H,3-6,9H2,1-2H3. The summed E-state index contributed by atoms with van der Waals surface area (Å²) in [6.07, 6.45) is 7.02. The van der Waals surface area contributed by atoms with Gasteiger partial charge in [-0.2, -0.15) is 0 Å². The average Bonchev–Trinajstić information content (AvgIpc) is 2.79. The van der Waals surface area contributed by atoms with E-state index in [0.717, 1.165) is 21.9 Å². The van der Waals surface area contributed by atoms with Crippen LogP contribution in [0.5, 0.6) is 0 Å². The second-order valence-corrected chi connectivity index (χ2v) is 6.77. The van der Waals surface area contributed by atoms with Crippen LogP contribution in [-0.2, 0) is 0 Å². The van der Waals surface area contributed by atoms with Crippen molar-refractivity contribution in [3.05, 3.63) is 21.8 Å². The Bertz CT molecular complexity index is 403. The molecule has 1 aromatic heterocycles. The predicted octanol–water partition coefficient (Wildman–Crippen LogP) is 4.90. The third-order valence-electron chi connectivity index (χ3n) is 3.39. The van der Waals surface area contributed by atoms with E-state index in [1.165, 1.54) is 25.7 Å². The SMILES string of the molecule is CC(C)CN(c1ncc(Br)cc1Cl)C1CCCC1. The van der Waals surface area contributed by atoms with Crippen molar-refractivity contribution in [1.82, 2.24) is 4.98 Å². The van der Waals surface area contributed by atoms with E-state index in [1.54, 1.807) is 0 Å². The Balaban J connectivity index is 2.26. The Morgan fingerprint density at radius 2 is 2.11 bits per heavy atom. The molecule has 0 aromatic carbocycles. The van der Waals surface area contributed by atoms with Crippen LogP contribution in [0.15, 0.2) is 16.7 Å². The van der Waals surface area contributed by atoms with Gasteiger partial charge < -0.3 is 4.90 Å². The lowest BCUT2D eigenvalue weighted by atomic mass is 10.1. The van der Waals surface area contributed by atoms with Crippen LogP contribution >= 0.6 is 27.5 Å². The van der Waals surface area contributed by atoms with E-state index in [2.05, 4.69) is 39.7 Å². The third kappa shape index (κ3) is 3.39. The number of halogens is 2. The lowest BCUT2D eigenvalue weighted by Gasteiger charge is -2.32. The molecule has 0 amide bonds. The molecule has 0 radical (unpaired) electrons. The number of hydrogen-bond donors (Lipinski definition) is 0. The number of pyridine rings is 1. The molecule has 2 nitrogen and oxygen atoms in total. The Kier molecular flexibility index (Phi) is 4.91. The fraction of sp³-hybridized carbons (Fsp3) is 0.643. The molecule has 18 heavy (non-hydrogen) atoms. The lowest BCUT2D eigenvalue weighted by Crippen LogP contribution is -2.37. The highest BCUT2D eigenvalue weighted by atomic mass is 79.9. The summed E-state index contributed by atoms with van der Waals surface area (Å²) >= 11 is 9.77. The first kappa shape index (κ1) is 14.1. The van der Waals surface area contributed by atoms with Gasteiger partial charge in [-0.15, -0.1) is 0 Å². The molecule has 4 heteroatoms. The fourth-order valence-electron chi connectivity index (χ4n) is 2.64. The first-order valence-electron chi connectivity index (χ1n) is 6.65. The highest BCUT2D eigenvalue weighted by Crippen LogP contribution is 2.33. The van der Waals surface area contributed by atoms with Crippen LogP contribution in [0.25, 0.3) is 0 Å². The van der Waals surface area contributed by atoms with Crippen molar-refractivity contribution in [2.75, 3.05) is 11.4 Å². The largest absolute Gasteiger partial charge is 0.352 e. The maximum atomic E-state index is 6.35. The van der Waals surface area contributed by atoms with Crippen LogP contribution < -0.4 is 4.90 Å². The minimum Gasteiger partial charge on any atom is -0.352 e. The van der Waals surface area contributed by atoms with E-state index < -0.39 is 0 Å². The molecule has 0 saturated heterocycles. The van der Waals surface area contributed by atoms with Gasteiger partial charge in [0, 0.05) is 23.3 Å². The van der Waals surface area contributed by atoms with E-state index in [1.807, 2.05) is 12.3 Å². The number of rotatable bonds is 4. The van der Waals surface area contributed by atoms with E-state index in [9.17, 15) is 0 Å². The van der Waals surface area contributed by atoms with E-state index in [-0.39, 0.29) is 0 Å². The number of anilines is 1. The molecule has 0 aliphatic heterocycles. The highest BCUT2D eigenvalue weighted by Gasteiger charge is 2.25.